The number of aromatic nitrogens is 1. The van der Waals surface area contributed by atoms with E-state index in [4.69, 9.17) is 0 Å². The average Bonchev–Trinajstić information content (AvgIpc) is 2.74. The highest BCUT2D eigenvalue weighted by Gasteiger charge is 2.35. The van der Waals surface area contributed by atoms with Crippen LogP contribution in [-0.4, -0.2) is 24.7 Å². The monoisotopic (exact) mass is 433 g/mol. The van der Waals surface area contributed by atoms with Crippen LogP contribution < -0.4 is 4.57 Å². The maximum atomic E-state index is 14.0. The number of para-hydroxylation sites is 2. The van der Waals surface area contributed by atoms with Crippen molar-refractivity contribution in [2.45, 2.75) is 31.7 Å². The number of rotatable bonds is 4. The molecule has 4 rings (SSSR count). The Kier molecular flexibility index (Phi) is 5.27. The molecule has 0 saturated carbocycles. The number of aryl methyl sites for hydroxylation is 2. The molecule has 0 saturated heterocycles. The predicted octanol–water partition coefficient (Wildman–Crippen LogP) is 4.37. The van der Waals surface area contributed by atoms with Gasteiger partial charge in [0, 0.05) is 18.2 Å². The Morgan fingerprint density at radius 3 is 1.81 bits per heavy atom. The minimum atomic E-state index is -4.03. The summed E-state index contributed by atoms with van der Waals surface area (Å²) < 4.78 is 30.1. The van der Waals surface area contributed by atoms with Crippen molar-refractivity contribution >= 4 is 37.7 Å². The van der Waals surface area contributed by atoms with Crippen molar-refractivity contribution in [1.29, 1.82) is 0 Å². The lowest BCUT2D eigenvalue weighted by molar-refractivity contribution is -0.617. The molecule has 0 atom stereocenters. The van der Waals surface area contributed by atoms with Crippen LogP contribution in [0.4, 0.5) is 0 Å². The van der Waals surface area contributed by atoms with E-state index < -0.39 is 22.0 Å². The van der Waals surface area contributed by atoms with E-state index in [2.05, 4.69) is 0 Å². The number of carbonyl (C=O) groups excluding carboxylic acids is 1. The summed E-state index contributed by atoms with van der Waals surface area (Å²) in [6, 6.07) is 21.2. The summed E-state index contributed by atoms with van der Waals surface area (Å²) >= 11 is 0. The van der Waals surface area contributed by atoms with Crippen LogP contribution in [0.5, 0.6) is 0 Å². The van der Waals surface area contributed by atoms with E-state index in [0.717, 1.165) is 31.7 Å². The van der Waals surface area contributed by atoms with Gasteiger partial charge in [0.2, 0.25) is 11.0 Å². The topological polar surface area (TPSA) is 58.3 Å². The van der Waals surface area contributed by atoms with Crippen LogP contribution in [0, 0.1) is 6.92 Å². The first kappa shape index (κ1) is 21.0. The number of amides is 1. The molecule has 0 aliphatic rings. The maximum absolute atomic E-state index is 14.0. The highest BCUT2D eigenvalue weighted by molar-refractivity contribution is 7.89. The van der Waals surface area contributed by atoms with E-state index in [1.165, 1.54) is 0 Å². The van der Waals surface area contributed by atoms with Gasteiger partial charge in [0.25, 0.3) is 15.9 Å². The number of carbonyl (C=O) groups is 1. The van der Waals surface area contributed by atoms with Crippen LogP contribution in [-0.2, 0) is 17.1 Å². The smallest absolute Gasteiger partial charge is 0.268 e. The molecule has 6 heteroatoms. The fraction of sp³-hybridized carbons (Fsp3) is 0.200. The third-order valence-electron chi connectivity index (χ3n) is 5.53. The summed E-state index contributed by atoms with van der Waals surface area (Å²) in [5, 5.41) is 1.44. The number of fused-ring (bicyclic) bond motifs is 2. The molecule has 0 unspecified atom stereocenters. The van der Waals surface area contributed by atoms with Crippen molar-refractivity contribution in [3.8, 4) is 0 Å². The van der Waals surface area contributed by atoms with Crippen molar-refractivity contribution in [1.82, 2.24) is 4.31 Å². The SMILES string of the molecule is Cc1ccc(S(=O)(=O)N(C(=O)c2c3ccccc3[n+](C)c3ccccc23)C(C)C)cc1. The molecule has 0 spiro atoms. The van der Waals surface area contributed by atoms with E-state index in [1.807, 2.05) is 67.1 Å². The first-order chi connectivity index (χ1) is 14.7. The fourth-order valence-corrected chi connectivity index (χ4v) is 5.59. The van der Waals surface area contributed by atoms with Crippen molar-refractivity contribution in [2.24, 2.45) is 7.05 Å². The van der Waals surface area contributed by atoms with Gasteiger partial charge in [0.1, 0.15) is 7.05 Å². The third-order valence-corrected chi connectivity index (χ3v) is 7.50. The first-order valence-electron chi connectivity index (χ1n) is 10.2. The Balaban J connectivity index is 2.01. The number of pyridine rings is 1. The third kappa shape index (κ3) is 3.47. The second kappa shape index (κ2) is 7.78. The molecule has 0 bridgehead atoms. The Labute approximate surface area is 182 Å². The molecular formula is C25H25N2O3S+. The van der Waals surface area contributed by atoms with E-state index in [9.17, 15) is 13.2 Å². The zero-order valence-corrected chi connectivity index (χ0v) is 18.8. The number of sulfonamides is 1. The van der Waals surface area contributed by atoms with Crippen molar-refractivity contribution < 1.29 is 17.8 Å². The summed E-state index contributed by atoms with van der Waals surface area (Å²) in [7, 11) is -2.09. The summed E-state index contributed by atoms with van der Waals surface area (Å²) in [6.45, 7) is 5.33. The molecule has 3 aromatic carbocycles. The fourth-order valence-electron chi connectivity index (χ4n) is 4.02. The summed E-state index contributed by atoms with van der Waals surface area (Å²) in [5.74, 6) is -0.524. The average molecular weight is 434 g/mol. The minimum Gasteiger partial charge on any atom is -0.268 e. The van der Waals surface area contributed by atoms with E-state index in [-0.39, 0.29) is 4.90 Å². The molecule has 1 amide bonds. The molecule has 0 aliphatic carbocycles. The molecule has 31 heavy (non-hydrogen) atoms. The molecule has 1 heterocycles. The summed E-state index contributed by atoms with van der Waals surface area (Å²) in [5.41, 5.74) is 3.07. The zero-order chi connectivity index (χ0) is 22.3. The van der Waals surface area contributed by atoms with E-state index in [0.29, 0.717) is 5.56 Å². The lowest BCUT2D eigenvalue weighted by Gasteiger charge is -2.27. The molecule has 5 nitrogen and oxygen atoms in total. The first-order valence-corrected chi connectivity index (χ1v) is 11.6. The lowest BCUT2D eigenvalue weighted by Crippen LogP contribution is -2.42. The molecule has 0 fully saturated rings. The Bertz CT molecular complexity index is 1350. The van der Waals surface area contributed by atoms with E-state index >= 15 is 0 Å². The quantitative estimate of drug-likeness (QED) is 0.355. The van der Waals surface area contributed by atoms with Crippen LogP contribution in [0.15, 0.2) is 77.7 Å². The Morgan fingerprint density at radius 1 is 0.839 bits per heavy atom. The normalized spacial score (nSPS) is 11.9. The highest BCUT2D eigenvalue weighted by Crippen LogP contribution is 2.29. The molecule has 158 valence electrons. The maximum Gasteiger partial charge on any atom is 0.269 e. The molecular weight excluding hydrogens is 408 g/mol. The Morgan fingerprint density at radius 2 is 1.32 bits per heavy atom. The molecule has 0 aliphatic heterocycles. The molecule has 0 radical (unpaired) electrons. The molecule has 4 aromatic rings. The number of hydrogen-bond donors (Lipinski definition) is 0. The summed E-state index contributed by atoms with van der Waals surface area (Å²) in [4.78, 5) is 14.1. The van der Waals surface area contributed by atoms with Crippen molar-refractivity contribution in [3.05, 3.63) is 83.9 Å². The van der Waals surface area contributed by atoms with Gasteiger partial charge in [-0.25, -0.2) is 12.7 Å². The van der Waals surface area contributed by atoms with Gasteiger partial charge in [-0.2, -0.15) is 4.57 Å². The van der Waals surface area contributed by atoms with Crippen molar-refractivity contribution in [3.63, 3.8) is 0 Å². The minimum absolute atomic E-state index is 0.107. The van der Waals surface area contributed by atoms with Crippen molar-refractivity contribution in [2.75, 3.05) is 0 Å². The zero-order valence-electron chi connectivity index (χ0n) is 18.0. The number of benzene rings is 3. The standard InChI is InChI=1S/C25H25N2O3S/c1-17(2)27(31(29,30)19-15-13-18(3)14-16-19)25(28)24-20-9-5-7-11-22(20)26(4)23-12-8-6-10-21(23)24/h5-17H,1-4H3/q+1. The van der Waals surface area contributed by atoms with Crippen LogP contribution in [0.2, 0.25) is 0 Å². The second-order valence-corrected chi connectivity index (χ2v) is 9.80. The Hall–Kier alpha value is -3.25. The van der Waals surface area contributed by atoms with E-state index in [1.54, 1.807) is 38.1 Å². The number of hydrogen-bond acceptors (Lipinski definition) is 3. The van der Waals surface area contributed by atoms with Gasteiger partial charge in [0.15, 0.2) is 0 Å². The van der Waals surface area contributed by atoms with Crippen LogP contribution >= 0.6 is 0 Å². The second-order valence-electron chi connectivity index (χ2n) is 7.98. The largest absolute Gasteiger partial charge is 0.269 e. The van der Waals surface area contributed by atoms with Crippen LogP contribution in [0.3, 0.4) is 0 Å². The lowest BCUT2D eigenvalue weighted by atomic mass is 10.0. The highest BCUT2D eigenvalue weighted by atomic mass is 32.2. The van der Waals surface area contributed by atoms with Gasteiger partial charge in [-0.05, 0) is 45.0 Å². The van der Waals surface area contributed by atoms with Gasteiger partial charge < -0.3 is 0 Å². The predicted molar refractivity (Wildman–Crippen MR) is 122 cm³/mol. The van der Waals surface area contributed by atoms with Crippen LogP contribution in [0.1, 0.15) is 29.8 Å². The summed E-state index contributed by atoms with van der Waals surface area (Å²) in [6.07, 6.45) is 0. The van der Waals surface area contributed by atoms with Gasteiger partial charge in [-0.3, -0.25) is 4.79 Å². The van der Waals surface area contributed by atoms with Gasteiger partial charge in [-0.1, -0.05) is 42.0 Å². The van der Waals surface area contributed by atoms with Gasteiger partial charge in [0.05, 0.1) is 21.2 Å². The molecule has 1 aromatic heterocycles. The molecule has 0 N–H and O–H groups in total. The van der Waals surface area contributed by atoms with Gasteiger partial charge in [-0.15, -0.1) is 0 Å². The number of nitrogens with zero attached hydrogens (tertiary/aromatic N) is 2. The van der Waals surface area contributed by atoms with Gasteiger partial charge >= 0.3 is 0 Å². The van der Waals surface area contributed by atoms with Crippen LogP contribution in [0.25, 0.3) is 21.8 Å².